The molecule has 0 radical (unpaired) electrons. The Labute approximate surface area is 286 Å². The summed E-state index contributed by atoms with van der Waals surface area (Å²) in [5.74, 6) is 1.20. The van der Waals surface area contributed by atoms with Crippen molar-refractivity contribution in [2.24, 2.45) is 5.92 Å². The van der Waals surface area contributed by atoms with Crippen molar-refractivity contribution in [1.82, 2.24) is 24.8 Å². The van der Waals surface area contributed by atoms with Crippen molar-refractivity contribution < 1.29 is 23.0 Å². The minimum atomic E-state index is -0.883. The van der Waals surface area contributed by atoms with E-state index in [2.05, 4.69) is 15.9 Å². The second-order valence-electron chi connectivity index (χ2n) is 16.4. The van der Waals surface area contributed by atoms with Crippen molar-refractivity contribution in [1.29, 1.82) is 0 Å². The number of fused-ring (bicyclic) bond motifs is 5. The van der Waals surface area contributed by atoms with Crippen LogP contribution in [0.1, 0.15) is 89.2 Å². The summed E-state index contributed by atoms with van der Waals surface area (Å²) in [5.41, 5.74) is 2.93. The van der Waals surface area contributed by atoms with Crippen LogP contribution < -0.4 is 9.64 Å². The quantitative estimate of drug-likeness (QED) is 0.283. The Kier molecular flexibility index (Phi) is 7.34. The number of alkyl halides is 1. The van der Waals surface area contributed by atoms with Gasteiger partial charge < -0.3 is 14.4 Å². The third-order valence-electron chi connectivity index (χ3n) is 12.0. The first-order valence-corrected chi connectivity index (χ1v) is 18.3. The lowest BCUT2D eigenvalue weighted by molar-refractivity contribution is 0.0122. The van der Waals surface area contributed by atoms with Crippen LogP contribution in [-0.2, 0) is 11.2 Å². The number of aryl methyl sites for hydroxylation is 1. The molecule has 2 bridgehead atoms. The number of hydrogen-bond acceptors (Lipinski definition) is 8. The van der Waals surface area contributed by atoms with Crippen molar-refractivity contribution in [3.63, 3.8) is 0 Å². The van der Waals surface area contributed by atoms with Crippen molar-refractivity contribution in [2.45, 2.75) is 114 Å². The molecule has 5 atom stereocenters. The van der Waals surface area contributed by atoms with Gasteiger partial charge >= 0.3 is 12.1 Å². The number of carbonyl (C=O) groups excluding carboxylic acids is 1. The van der Waals surface area contributed by atoms with E-state index in [0.29, 0.717) is 54.8 Å². The van der Waals surface area contributed by atoms with Crippen molar-refractivity contribution >= 4 is 22.8 Å². The highest BCUT2D eigenvalue weighted by atomic mass is 19.1. The van der Waals surface area contributed by atoms with E-state index in [0.717, 1.165) is 50.6 Å². The molecule has 6 heterocycles. The van der Waals surface area contributed by atoms with Crippen molar-refractivity contribution in [3.05, 3.63) is 41.3 Å². The van der Waals surface area contributed by atoms with Crippen LogP contribution in [0.15, 0.2) is 24.4 Å². The number of anilines is 1. The zero-order chi connectivity index (χ0) is 33.7. The van der Waals surface area contributed by atoms with Gasteiger partial charge in [0, 0.05) is 37.8 Å². The van der Waals surface area contributed by atoms with Crippen LogP contribution in [0.3, 0.4) is 0 Å². The molecule has 0 spiro atoms. The first-order valence-electron chi connectivity index (χ1n) is 18.3. The highest BCUT2D eigenvalue weighted by molar-refractivity contribution is 5.92. The van der Waals surface area contributed by atoms with Gasteiger partial charge in [-0.05, 0) is 102 Å². The molecule has 260 valence electrons. The third kappa shape index (κ3) is 5.42. The molecular formula is C38H46F2N6O3. The molecule has 3 unspecified atom stereocenters. The Hall–Kier alpha value is -3.60. The fourth-order valence-electron chi connectivity index (χ4n) is 9.75. The summed E-state index contributed by atoms with van der Waals surface area (Å²) < 4.78 is 43.8. The molecule has 4 saturated heterocycles. The van der Waals surface area contributed by atoms with Gasteiger partial charge in [0.05, 0.1) is 23.0 Å². The van der Waals surface area contributed by atoms with Gasteiger partial charge in [-0.15, -0.1) is 0 Å². The Morgan fingerprint density at radius 2 is 1.86 bits per heavy atom. The van der Waals surface area contributed by atoms with E-state index < -0.39 is 17.6 Å². The summed E-state index contributed by atoms with van der Waals surface area (Å²) in [5, 5.41) is 0.524. The number of benzene rings is 1. The number of carbonyl (C=O) groups is 1. The van der Waals surface area contributed by atoms with Crippen LogP contribution >= 0.6 is 0 Å². The van der Waals surface area contributed by atoms with Gasteiger partial charge in [-0.25, -0.2) is 13.6 Å². The summed E-state index contributed by atoms with van der Waals surface area (Å²) in [4.78, 5) is 33.9. The van der Waals surface area contributed by atoms with Crippen molar-refractivity contribution in [2.75, 3.05) is 37.7 Å². The average Bonchev–Trinajstić information content (AvgIpc) is 3.43. The smallest absolute Gasteiger partial charge is 0.410 e. The zero-order valence-electron chi connectivity index (χ0n) is 28.8. The maximum atomic E-state index is 17.0. The number of amides is 1. The van der Waals surface area contributed by atoms with Gasteiger partial charge in [-0.2, -0.15) is 9.97 Å². The second kappa shape index (κ2) is 11.5. The topological polar surface area (TPSA) is 83.9 Å². The van der Waals surface area contributed by atoms with E-state index in [1.165, 1.54) is 24.0 Å². The van der Waals surface area contributed by atoms with E-state index in [4.69, 9.17) is 24.4 Å². The molecule has 1 saturated carbocycles. The molecule has 9 rings (SSSR count). The van der Waals surface area contributed by atoms with E-state index >= 15 is 4.39 Å². The molecule has 1 aromatic carbocycles. The van der Waals surface area contributed by atoms with Crippen LogP contribution in [0.25, 0.3) is 22.2 Å². The molecule has 2 aromatic heterocycles. The summed E-state index contributed by atoms with van der Waals surface area (Å²) in [6.07, 6.45) is 9.11. The lowest BCUT2D eigenvalue weighted by Crippen LogP contribution is -2.57. The minimum absolute atomic E-state index is 0.0581. The fraction of sp³-hybridized carbons (Fsp3) is 0.632. The van der Waals surface area contributed by atoms with Gasteiger partial charge in [-0.3, -0.25) is 14.8 Å². The molecule has 1 amide bonds. The monoisotopic (exact) mass is 672 g/mol. The molecule has 49 heavy (non-hydrogen) atoms. The number of pyridine rings is 1. The molecular weight excluding hydrogens is 626 g/mol. The summed E-state index contributed by atoms with van der Waals surface area (Å²) in [7, 11) is 0. The third-order valence-corrected chi connectivity index (χ3v) is 12.0. The zero-order valence-corrected chi connectivity index (χ0v) is 28.8. The van der Waals surface area contributed by atoms with Gasteiger partial charge in [0.1, 0.15) is 35.4 Å². The maximum Gasteiger partial charge on any atom is 0.410 e. The molecule has 2 aliphatic carbocycles. The summed E-state index contributed by atoms with van der Waals surface area (Å²) in [6, 6.07) is 6.17. The summed E-state index contributed by atoms with van der Waals surface area (Å²) >= 11 is 0. The van der Waals surface area contributed by atoms with Crippen LogP contribution in [0.5, 0.6) is 6.01 Å². The maximum absolute atomic E-state index is 17.0. The van der Waals surface area contributed by atoms with Gasteiger partial charge in [0.25, 0.3) is 0 Å². The van der Waals surface area contributed by atoms with Gasteiger partial charge in [-0.1, -0.05) is 18.2 Å². The number of hydrogen-bond donors (Lipinski definition) is 0. The standard InChI is InChI=1S/C38H46F2N6O3/c1-37(2,3)49-36(47)46-25-11-12-26(46)20-44(19-25)34-29-17-41-32(28-7-4-6-23-10-13-27(30(23)28)22-8-9-22)31(40)33(29)42-35(43-34)48-21-38-14-5-15-45(38)18-24(39)16-38/h4,6-7,17,22,24-27H,5,8-16,18-21H2,1-3H3/t24-,25?,26?,27?,38+/m1/s1. The Balaban J connectivity index is 1.10. The largest absolute Gasteiger partial charge is 0.461 e. The highest BCUT2D eigenvalue weighted by Crippen LogP contribution is 2.52. The predicted octanol–water partition coefficient (Wildman–Crippen LogP) is 6.81. The SMILES string of the molecule is CC(C)(C)OC(=O)N1C2CCC1CN(c1nc(OC[C@@]34CCCN3C[C@H](F)C4)nc3c(F)c(-c4cccc5c4C(C4CC4)CC5)ncc13)C2. The minimum Gasteiger partial charge on any atom is -0.461 e. The number of ether oxygens (including phenoxy) is 2. The Bertz CT molecular complexity index is 1800. The van der Waals surface area contributed by atoms with Crippen molar-refractivity contribution in [3.8, 4) is 17.3 Å². The lowest BCUT2D eigenvalue weighted by Gasteiger charge is -2.42. The van der Waals surface area contributed by atoms with Crippen LogP contribution in [0.4, 0.5) is 19.4 Å². The number of nitrogens with zero attached hydrogens (tertiary/aromatic N) is 6. The van der Waals surface area contributed by atoms with E-state index in [-0.39, 0.29) is 41.8 Å². The molecule has 9 nitrogen and oxygen atoms in total. The predicted molar refractivity (Wildman–Crippen MR) is 182 cm³/mol. The molecule has 4 aliphatic heterocycles. The van der Waals surface area contributed by atoms with E-state index in [1.807, 2.05) is 37.8 Å². The number of rotatable bonds is 6. The van der Waals surface area contributed by atoms with Crippen LogP contribution in [0, 0.1) is 11.7 Å². The first kappa shape index (κ1) is 31.4. The fourth-order valence-corrected chi connectivity index (χ4v) is 9.75. The average molecular weight is 673 g/mol. The van der Waals surface area contributed by atoms with E-state index in [1.54, 1.807) is 6.20 Å². The normalized spacial score (nSPS) is 29.5. The summed E-state index contributed by atoms with van der Waals surface area (Å²) in [6.45, 7) is 8.23. The Morgan fingerprint density at radius 1 is 1.06 bits per heavy atom. The lowest BCUT2D eigenvalue weighted by atomic mass is 9.90. The van der Waals surface area contributed by atoms with E-state index in [9.17, 15) is 9.18 Å². The van der Waals surface area contributed by atoms with Crippen LogP contribution in [-0.4, -0.2) is 93.0 Å². The first-order chi connectivity index (χ1) is 23.6. The number of halogens is 2. The molecule has 5 fully saturated rings. The number of aromatic nitrogens is 3. The highest BCUT2D eigenvalue weighted by Gasteiger charge is 2.50. The van der Waals surface area contributed by atoms with Gasteiger partial charge in [0.15, 0.2) is 5.82 Å². The van der Waals surface area contributed by atoms with Crippen LogP contribution in [0.2, 0.25) is 0 Å². The Morgan fingerprint density at radius 3 is 2.61 bits per heavy atom. The van der Waals surface area contributed by atoms with Gasteiger partial charge in [0.2, 0.25) is 0 Å². The number of piperazine rings is 1. The molecule has 6 aliphatic rings. The molecule has 11 heteroatoms. The molecule has 0 N–H and O–H groups in total. The molecule has 3 aromatic rings. The second-order valence-corrected chi connectivity index (χ2v) is 16.4.